The molecule has 0 saturated carbocycles. The third-order valence-corrected chi connectivity index (χ3v) is 15.4. The molecule has 1 aliphatic heterocycles. The van der Waals surface area contributed by atoms with E-state index < -0.39 is 0 Å². The van der Waals surface area contributed by atoms with Gasteiger partial charge in [0.2, 0.25) is 0 Å². The molecule has 0 saturated heterocycles. The van der Waals surface area contributed by atoms with Crippen molar-refractivity contribution in [3.05, 3.63) is 278 Å². The second kappa shape index (κ2) is 16.1. The zero-order chi connectivity index (χ0) is 47.3. The number of benzene rings is 10. The van der Waals surface area contributed by atoms with E-state index in [1.165, 1.54) is 105 Å². The zero-order valence-electron chi connectivity index (χ0n) is 39.3. The number of anilines is 2. The first-order valence-electron chi connectivity index (χ1n) is 25.0. The molecule has 1 aliphatic carbocycles. The number of hydrogen-bond donors (Lipinski definition) is 0. The summed E-state index contributed by atoms with van der Waals surface area (Å²) in [6.07, 6.45) is 9.56. The minimum atomic E-state index is 0.207. The van der Waals surface area contributed by atoms with Gasteiger partial charge < -0.3 is 18.6 Å². The van der Waals surface area contributed by atoms with Gasteiger partial charge in [0.25, 0.3) is 0 Å². The van der Waals surface area contributed by atoms with Crippen molar-refractivity contribution < 1.29 is 0 Å². The highest BCUT2D eigenvalue weighted by Crippen LogP contribution is 2.49. The van der Waals surface area contributed by atoms with E-state index in [1.54, 1.807) is 0 Å². The normalized spacial score (nSPS) is 15.2. The molecule has 4 heteroatoms. The maximum Gasteiger partial charge on any atom is 0.0630 e. The monoisotopic (exact) mass is 918 g/mol. The molecule has 3 aromatic heterocycles. The topological polar surface area (TPSA) is 18.0 Å². The molecule has 0 amide bonds. The highest BCUT2D eigenvalue weighted by atomic mass is 15.2. The minimum Gasteiger partial charge on any atom is -0.333 e. The SMILES string of the molecule is C1=CC2C(C=C1c1ccc3c(c1)c1cc(-c4ccc5c(c4)c4ccccc4n5-c4ccccc4)ccc1n3-c1ccc(-c3cn(-c4ccccc4)c4ccccc34)cc1)c1ccccc1N2c1ccccc1. The van der Waals surface area contributed by atoms with Crippen LogP contribution in [0.4, 0.5) is 11.4 Å². The lowest BCUT2D eigenvalue weighted by Crippen LogP contribution is -2.28. The van der Waals surface area contributed by atoms with Crippen LogP contribution in [-0.2, 0) is 0 Å². The predicted molar refractivity (Wildman–Crippen MR) is 301 cm³/mol. The molecule has 72 heavy (non-hydrogen) atoms. The maximum atomic E-state index is 2.51. The third kappa shape index (κ3) is 6.25. The molecule has 4 nitrogen and oxygen atoms in total. The molecule has 338 valence electrons. The van der Waals surface area contributed by atoms with Crippen molar-refractivity contribution in [3.63, 3.8) is 0 Å². The second-order valence-electron chi connectivity index (χ2n) is 19.3. The number of nitrogens with zero attached hydrogens (tertiary/aromatic N) is 4. The summed E-state index contributed by atoms with van der Waals surface area (Å²) >= 11 is 0. The average molecular weight is 919 g/mol. The Bertz CT molecular complexity index is 4320. The Morgan fingerprint density at radius 1 is 0.333 bits per heavy atom. The van der Waals surface area contributed by atoms with Crippen molar-refractivity contribution in [3.8, 4) is 39.3 Å². The highest BCUT2D eigenvalue weighted by molar-refractivity contribution is 6.13. The Kier molecular flexibility index (Phi) is 9.05. The molecular formula is C68H46N4. The molecular weight excluding hydrogens is 873 g/mol. The van der Waals surface area contributed by atoms with E-state index in [-0.39, 0.29) is 12.0 Å². The summed E-state index contributed by atoms with van der Waals surface area (Å²) in [4.78, 5) is 2.51. The third-order valence-electron chi connectivity index (χ3n) is 15.4. The van der Waals surface area contributed by atoms with Gasteiger partial charge in [-0.25, -0.2) is 0 Å². The van der Waals surface area contributed by atoms with Crippen LogP contribution in [0, 0.1) is 0 Å². The highest BCUT2D eigenvalue weighted by Gasteiger charge is 2.38. The van der Waals surface area contributed by atoms with Crippen LogP contribution in [0.5, 0.6) is 0 Å². The van der Waals surface area contributed by atoms with E-state index in [2.05, 4.69) is 286 Å². The molecule has 4 heterocycles. The molecule has 10 aromatic carbocycles. The number of rotatable bonds is 7. The van der Waals surface area contributed by atoms with Crippen molar-refractivity contribution in [2.24, 2.45) is 0 Å². The van der Waals surface area contributed by atoms with Gasteiger partial charge in [0.1, 0.15) is 0 Å². The Morgan fingerprint density at radius 2 is 0.819 bits per heavy atom. The first-order chi connectivity index (χ1) is 35.7. The smallest absolute Gasteiger partial charge is 0.0630 e. The summed E-state index contributed by atoms with van der Waals surface area (Å²) in [6.45, 7) is 0. The van der Waals surface area contributed by atoms with E-state index in [9.17, 15) is 0 Å². The van der Waals surface area contributed by atoms with Crippen LogP contribution in [0.3, 0.4) is 0 Å². The Morgan fingerprint density at radius 3 is 1.50 bits per heavy atom. The molecule has 13 aromatic rings. The predicted octanol–water partition coefficient (Wildman–Crippen LogP) is 17.4. The summed E-state index contributed by atoms with van der Waals surface area (Å²) in [5.41, 5.74) is 20.5. The number of aromatic nitrogens is 3. The summed E-state index contributed by atoms with van der Waals surface area (Å²) in [5.74, 6) is 0.230. The summed E-state index contributed by atoms with van der Waals surface area (Å²) in [7, 11) is 0. The zero-order valence-corrected chi connectivity index (χ0v) is 39.3. The largest absolute Gasteiger partial charge is 0.333 e. The molecule has 0 N–H and O–H groups in total. The van der Waals surface area contributed by atoms with E-state index in [4.69, 9.17) is 0 Å². The minimum absolute atomic E-state index is 0.207. The second-order valence-corrected chi connectivity index (χ2v) is 19.3. The van der Waals surface area contributed by atoms with Crippen LogP contribution in [0.25, 0.3) is 99.4 Å². The Balaban J connectivity index is 0.880. The molecule has 0 bridgehead atoms. The molecule has 0 spiro atoms. The fraction of sp³-hybridized carbons (Fsp3) is 0.0294. The number of fused-ring (bicyclic) bond motifs is 10. The van der Waals surface area contributed by atoms with Crippen LogP contribution in [0.15, 0.2) is 267 Å². The number of para-hydroxylation sites is 6. The first kappa shape index (κ1) is 40.5. The fourth-order valence-electron chi connectivity index (χ4n) is 12.1. The lowest BCUT2D eigenvalue weighted by Gasteiger charge is -2.29. The van der Waals surface area contributed by atoms with Crippen molar-refractivity contribution >= 4 is 71.5 Å². The molecule has 2 aliphatic rings. The van der Waals surface area contributed by atoms with Gasteiger partial charge in [-0.05, 0) is 137 Å². The molecule has 0 fully saturated rings. The average Bonchev–Trinajstić information content (AvgIpc) is 4.20. The van der Waals surface area contributed by atoms with E-state index >= 15 is 0 Å². The Hall–Kier alpha value is -9.38. The fourth-order valence-corrected chi connectivity index (χ4v) is 12.1. The molecule has 0 radical (unpaired) electrons. The standard InChI is InChI=1S/C68H46N4/c1-4-16-50(17-5-1)69-44-61(56-24-10-13-25-62(56)69)45-28-34-53(35-29-45)72-67-38-32-48(46-30-36-65-57(40-46)54-22-11-14-26-63(54)70(65)51-18-6-2-7-19-51)42-59(67)60-43-49(33-39-68(60)72)47-31-37-66-58(41-47)55-23-12-15-27-64(55)71(66)52-20-8-3-9-21-52/h1-44,57,65H. The van der Waals surface area contributed by atoms with Gasteiger partial charge in [-0.1, -0.05) is 158 Å². The molecule has 2 atom stereocenters. The van der Waals surface area contributed by atoms with Crippen LogP contribution in [-0.4, -0.2) is 19.7 Å². The Labute approximate surface area is 417 Å². The van der Waals surface area contributed by atoms with Crippen molar-refractivity contribution in [1.29, 1.82) is 0 Å². The van der Waals surface area contributed by atoms with E-state index in [0.717, 1.165) is 17.1 Å². The van der Waals surface area contributed by atoms with Crippen LogP contribution in [0.2, 0.25) is 0 Å². The molecule has 15 rings (SSSR count). The van der Waals surface area contributed by atoms with Gasteiger partial charge in [0.15, 0.2) is 0 Å². The van der Waals surface area contributed by atoms with Gasteiger partial charge in [-0.3, -0.25) is 0 Å². The summed E-state index contributed by atoms with van der Waals surface area (Å²) in [6, 6.07) is 89.1. The lowest BCUT2D eigenvalue weighted by molar-refractivity contribution is 0.747. The first-order valence-corrected chi connectivity index (χ1v) is 25.0. The van der Waals surface area contributed by atoms with Crippen LogP contribution in [0.1, 0.15) is 17.0 Å². The van der Waals surface area contributed by atoms with Crippen molar-refractivity contribution in [1.82, 2.24) is 13.7 Å². The van der Waals surface area contributed by atoms with Crippen LogP contribution < -0.4 is 4.90 Å². The molecule has 2 unspecified atom stereocenters. The maximum absolute atomic E-state index is 2.51. The van der Waals surface area contributed by atoms with Gasteiger partial charge in [0, 0.05) is 73.0 Å². The van der Waals surface area contributed by atoms with Gasteiger partial charge in [-0.15, -0.1) is 0 Å². The summed E-state index contributed by atoms with van der Waals surface area (Å²) < 4.78 is 7.15. The van der Waals surface area contributed by atoms with E-state index in [1.807, 2.05) is 0 Å². The van der Waals surface area contributed by atoms with Gasteiger partial charge >= 0.3 is 0 Å². The summed E-state index contributed by atoms with van der Waals surface area (Å²) in [5, 5.41) is 6.19. The number of allylic oxidation sites excluding steroid dienone is 2. The van der Waals surface area contributed by atoms with Gasteiger partial charge in [-0.2, -0.15) is 0 Å². The van der Waals surface area contributed by atoms with Crippen LogP contribution >= 0.6 is 0 Å². The quantitative estimate of drug-likeness (QED) is 0.156. The van der Waals surface area contributed by atoms with Gasteiger partial charge in [0.05, 0.1) is 33.6 Å². The van der Waals surface area contributed by atoms with Crippen molar-refractivity contribution in [2.45, 2.75) is 12.0 Å². The lowest BCUT2D eigenvalue weighted by atomic mass is 9.86. The van der Waals surface area contributed by atoms with E-state index in [0.29, 0.717) is 0 Å². The number of hydrogen-bond acceptors (Lipinski definition) is 1. The van der Waals surface area contributed by atoms with Crippen molar-refractivity contribution in [2.75, 3.05) is 4.90 Å².